The van der Waals surface area contributed by atoms with Gasteiger partial charge in [0.1, 0.15) is 0 Å². The average molecular weight is 184 g/mol. The van der Waals surface area contributed by atoms with E-state index in [-0.39, 0.29) is 0 Å². The summed E-state index contributed by atoms with van der Waals surface area (Å²) in [5.74, 6) is 0. The maximum atomic E-state index is 8.55. The summed E-state index contributed by atoms with van der Waals surface area (Å²) in [7, 11) is 0. The second-order valence-electron chi connectivity index (χ2n) is 3.54. The van der Waals surface area contributed by atoms with Crippen LogP contribution in [0.1, 0.15) is 58.3 Å². The van der Waals surface area contributed by atoms with E-state index in [1.54, 1.807) is 0 Å². The molecule has 0 radical (unpaired) electrons. The van der Waals surface area contributed by atoms with Gasteiger partial charge in [-0.1, -0.05) is 44.8 Å². The Morgan fingerprint density at radius 1 is 0.846 bits per heavy atom. The van der Waals surface area contributed by atoms with Crippen molar-refractivity contribution >= 4 is 0 Å². The molecular formula is C12H24O. The lowest BCUT2D eigenvalue weighted by Gasteiger charge is -1.95. The van der Waals surface area contributed by atoms with E-state index in [0.717, 1.165) is 6.42 Å². The first-order chi connectivity index (χ1) is 6.41. The lowest BCUT2D eigenvalue weighted by Crippen LogP contribution is -1.82. The molecule has 0 aliphatic carbocycles. The SMILES string of the molecule is CCCCC=CCCCCCCO. The molecule has 0 spiro atoms. The van der Waals surface area contributed by atoms with E-state index in [1.165, 1.54) is 44.9 Å². The Balaban J connectivity index is 2.93. The molecule has 0 heterocycles. The first-order valence-corrected chi connectivity index (χ1v) is 5.67. The Morgan fingerprint density at radius 3 is 2.08 bits per heavy atom. The van der Waals surface area contributed by atoms with Gasteiger partial charge in [-0.15, -0.1) is 0 Å². The van der Waals surface area contributed by atoms with E-state index >= 15 is 0 Å². The molecule has 13 heavy (non-hydrogen) atoms. The third-order valence-electron chi connectivity index (χ3n) is 2.17. The van der Waals surface area contributed by atoms with Crippen molar-refractivity contribution in [1.82, 2.24) is 0 Å². The van der Waals surface area contributed by atoms with Crippen LogP contribution in [-0.4, -0.2) is 11.7 Å². The maximum absolute atomic E-state index is 8.55. The summed E-state index contributed by atoms with van der Waals surface area (Å²) in [5.41, 5.74) is 0. The van der Waals surface area contributed by atoms with Crippen LogP contribution in [0.15, 0.2) is 12.2 Å². The van der Waals surface area contributed by atoms with Crippen LogP contribution in [0.5, 0.6) is 0 Å². The van der Waals surface area contributed by atoms with Crippen molar-refractivity contribution in [3.05, 3.63) is 12.2 Å². The van der Waals surface area contributed by atoms with E-state index in [0.29, 0.717) is 6.61 Å². The molecule has 0 amide bonds. The van der Waals surface area contributed by atoms with E-state index in [9.17, 15) is 0 Å². The summed E-state index contributed by atoms with van der Waals surface area (Å²) in [4.78, 5) is 0. The topological polar surface area (TPSA) is 20.2 Å². The normalized spacial score (nSPS) is 11.2. The summed E-state index contributed by atoms with van der Waals surface area (Å²) in [6.45, 7) is 2.58. The van der Waals surface area contributed by atoms with Crippen molar-refractivity contribution in [2.24, 2.45) is 0 Å². The monoisotopic (exact) mass is 184 g/mol. The fourth-order valence-electron chi connectivity index (χ4n) is 1.29. The van der Waals surface area contributed by atoms with Gasteiger partial charge in [0.15, 0.2) is 0 Å². The van der Waals surface area contributed by atoms with E-state index in [2.05, 4.69) is 19.1 Å². The first-order valence-electron chi connectivity index (χ1n) is 5.67. The van der Waals surface area contributed by atoms with Crippen LogP contribution in [0, 0.1) is 0 Å². The van der Waals surface area contributed by atoms with E-state index in [1.807, 2.05) is 0 Å². The predicted molar refractivity (Wildman–Crippen MR) is 58.8 cm³/mol. The largest absolute Gasteiger partial charge is 0.396 e. The molecule has 0 fully saturated rings. The molecule has 1 N–H and O–H groups in total. The second kappa shape index (κ2) is 11.7. The molecule has 0 aromatic heterocycles. The van der Waals surface area contributed by atoms with Crippen LogP contribution in [-0.2, 0) is 0 Å². The van der Waals surface area contributed by atoms with Crippen LogP contribution in [0.3, 0.4) is 0 Å². The fraction of sp³-hybridized carbons (Fsp3) is 0.833. The smallest absolute Gasteiger partial charge is 0.0431 e. The van der Waals surface area contributed by atoms with Crippen LogP contribution < -0.4 is 0 Å². The van der Waals surface area contributed by atoms with Gasteiger partial charge >= 0.3 is 0 Å². The minimum Gasteiger partial charge on any atom is -0.396 e. The summed E-state index contributed by atoms with van der Waals surface area (Å²) in [5, 5.41) is 8.55. The molecule has 78 valence electrons. The molecule has 1 nitrogen and oxygen atoms in total. The third-order valence-corrected chi connectivity index (χ3v) is 2.17. The molecule has 1 heteroatoms. The van der Waals surface area contributed by atoms with Gasteiger partial charge in [0.2, 0.25) is 0 Å². The molecule has 0 aromatic carbocycles. The molecule has 0 aliphatic rings. The van der Waals surface area contributed by atoms with Crippen molar-refractivity contribution in [2.75, 3.05) is 6.61 Å². The minimum absolute atomic E-state index is 0.354. The van der Waals surface area contributed by atoms with E-state index < -0.39 is 0 Å². The Kier molecular flexibility index (Phi) is 11.4. The molecule has 0 unspecified atom stereocenters. The van der Waals surface area contributed by atoms with E-state index in [4.69, 9.17) is 5.11 Å². The van der Waals surface area contributed by atoms with Crippen molar-refractivity contribution < 1.29 is 5.11 Å². The van der Waals surface area contributed by atoms with Crippen molar-refractivity contribution in [1.29, 1.82) is 0 Å². The van der Waals surface area contributed by atoms with Crippen molar-refractivity contribution in [2.45, 2.75) is 58.3 Å². The summed E-state index contributed by atoms with van der Waals surface area (Å²) >= 11 is 0. The van der Waals surface area contributed by atoms with Crippen LogP contribution in [0.2, 0.25) is 0 Å². The van der Waals surface area contributed by atoms with Crippen molar-refractivity contribution in [3.63, 3.8) is 0 Å². The summed E-state index contributed by atoms with van der Waals surface area (Å²) in [6, 6.07) is 0. The Hall–Kier alpha value is -0.300. The minimum atomic E-state index is 0.354. The number of unbranched alkanes of at least 4 members (excludes halogenated alkanes) is 6. The summed E-state index contributed by atoms with van der Waals surface area (Å²) < 4.78 is 0. The van der Waals surface area contributed by atoms with Gasteiger partial charge in [-0.25, -0.2) is 0 Å². The molecule has 0 saturated carbocycles. The highest BCUT2D eigenvalue weighted by Gasteiger charge is 1.86. The molecular weight excluding hydrogens is 160 g/mol. The van der Waals surface area contributed by atoms with Gasteiger partial charge in [-0.3, -0.25) is 0 Å². The molecule has 0 atom stereocenters. The zero-order valence-corrected chi connectivity index (χ0v) is 8.97. The van der Waals surface area contributed by atoms with Gasteiger partial charge in [0.05, 0.1) is 0 Å². The zero-order chi connectivity index (χ0) is 9.78. The van der Waals surface area contributed by atoms with Crippen LogP contribution >= 0.6 is 0 Å². The Labute approximate surface area is 82.9 Å². The number of aliphatic hydroxyl groups is 1. The highest BCUT2D eigenvalue weighted by molar-refractivity contribution is 4.80. The van der Waals surface area contributed by atoms with Crippen molar-refractivity contribution in [3.8, 4) is 0 Å². The number of allylic oxidation sites excluding steroid dienone is 2. The van der Waals surface area contributed by atoms with Gasteiger partial charge < -0.3 is 5.11 Å². The van der Waals surface area contributed by atoms with Gasteiger partial charge in [0.25, 0.3) is 0 Å². The summed E-state index contributed by atoms with van der Waals surface area (Å²) in [6.07, 6.45) is 14.4. The highest BCUT2D eigenvalue weighted by atomic mass is 16.2. The molecule has 0 bridgehead atoms. The number of hydrogen-bond donors (Lipinski definition) is 1. The molecule has 0 aromatic rings. The van der Waals surface area contributed by atoms with Gasteiger partial charge in [-0.2, -0.15) is 0 Å². The Bertz CT molecular complexity index is 108. The van der Waals surface area contributed by atoms with Gasteiger partial charge in [0, 0.05) is 6.61 Å². The molecule has 0 aliphatic heterocycles. The molecule has 0 rings (SSSR count). The van der Waals surface area contributed by atoms with Crippen LogP contribution in [0.4, 0.5) is 0 Å². The molecule has 0 saturated heterocycles. The maximum Gasteiger partial charge on any atom is 0.0431 e. The Morgan fingerprint density at radius 2 is 1.46 bits per heavy atom. The number of aliphatic hydroxyl groups excluding tert-OH is 1. The van der Waals surface area contributed by atoms with Gasteiger partial charge in [-0.05, 0) is 25.7 Å². The van der Waals surface area contributed by atoms with Crippen LogP contribution in [0.25, 0.3) is 0 Å². The fourth-order valence-corrected chi connectivity index (χ4v) is 1.29. The number of rotatable bonds is 9. The highest BCUT2D eigenvalue weighted by Crippen LogP contribution is 2.04. The number of hydrogen-bond acceptors (Lipinski definition) is 1. The lowest BCUT2D eigenvalue weighted by atomic mass is 10.1. The standard InChI is InChI=1S/C12H24O/c1-2-3-4-5-6-7-8-9-10-11-12-13/h5-6,13H,2-4,7-12H2,1H3. The lowest BCUT2D eigenvalue weighted by molar-refractivity contribution is 0.282. The average Bonchev–Trinajstić information content (AvgIpc) is 2.16. The zero-order valence-electron chi connectivity index (χ0n) is 8.97. The quantitative estimate of drug-likeness (QED) is 0.428. The third kappa shape index (κ3) is 11.7. The first kappa shape index (κ1) is 12.7. The second-order valence-corrected chi connectivity index (χ2v) is 3.54. The predicted octanol–water partition coefficient (Wildman–Crippen LogP) is 3.68.